The topological polar surface area (TPSA) is 69.6 Å². The van der Waals surface area contributed by atoms with Crippen molar-refractivity contribution in [2.24, 2.45) is 0 Å². The predicted octanol–water partition coefficient (Wildman–Crippen LogP) is 19.5. The molecule has 2 atom stereocenters. The van der Waals surface area contributed by atoms with Gasteiger partial charge in [-0.15, -0.1) is 0 Å². The first-order valence-electron chi connectivity index (χ1n) is 29.3. The second-order valence-electron chi connectivity index (χ2n) is 19.7. The summed E-state index contributed by atoms with van der Waals surface area (Å²) < 4.78 is 0. The van der Waals surface area contributed by atoms with Crippen molar-refractivity contribution in [1.29, 1.82) is 0 Å². The lowest BCUT2D eigenvalue weighted by Gasteiger charge is -2.19. The summed E-state index contributed by atoms with van der Waals surface area (Å²) in [4.78, 5) is 12.4. The molecule has 0 aliphatic heterocycles. The molecule has 0 aromatic carbocycles. The summed E-state index contributed by atoms with van der Waals surface area (Å²) >= 11 is 0. The normalized spacial score (nSPS) is 13.4. The number of nitrogens with one attached hydrogen (secondary N) is 1. The average molecular weight is 933 g/mol. The maximum Gasteiger partial charge on any atom is 0.220 e. The number of rotatable bonds is 53. The van der Waals surface area contributed by atoms with Crippen LogP contribution in [0.2, 0.25) is 0 Å². The minimum atomic E-state index is -0.870. The van der Waals surface area contributed by atoms with Gasteiger partial charge in [0.25, 0.3) is 0 Å². The molecule has 4 nitrogen and oxygen atoms in total. The molecule has 0 bridgehead atoms. The van der Waals surface area contributed by atoms with Crippen LogP contribution in [-0.2, 0) is 4.79 Å². The van der Waals surface area contributed by atoms with Crippen LogP contribution in [0.5, 0.6) is 0 Å². The first-order valence-corrected chi connectivity index (χ1v) is 29.3. The largest absolute Gasteiger partial charge is 0.394 e. The molecule has 2 unspecified atom stereocenters. The fraction of sp³-hybridized carbons (Fsp3) is 0.762. The quantitative estimate of drug-likeness (QED) is 0.0420. The molecule has 0 fully saturated rings. The second-order valence-corrected chi connectivity index (χ2v) is 19.7. The third kappa shape index (κ3) is 54.4. The fourth-order valence-corrected chi connectivity index (χ4v) is 8.67. The molecule has 0 aromatic heterocycles. The number of hydrogen-bond donors (Lipinski definition) is 3. The Morgan fingerprint density at radius 3 is 1.04 bits per heavy atom. The molecule has 388 valence electrons. The minimum absolute atomic E-state index is 0.0760. The molecule has 0 saturated heterocycles. The molecule has 0 aromatic rings. The van der Waals surface area contributed by atoms with E-state index in [0.717, 1.165) is 64.2 Å². The Morgan fingerprint density at radius 2 is 0.672 bits per heavy atom. The predicted molar refractivity (Wildman–Crippen MR) is 299 cm³/mol. The summed E-state index contributed by atoms with van der Waals surface area (Å²) in [5.41, 5.74) is 0. The van der Waals surface area contributed by atoms with E-state index in [9.17, 15) is 15.0 Å². The van der Waals surface area contributed by atoms with Gasteiger partial charge in [0, 0.05) is 6.42 Å². The summed E-state index contributed by atoms with van der Waals surface area (Å²) in [7, 11) is 0. The van der Waals surface area contributed by atoms with Gasteiger partial charge in [-0.2, -0.15) is 0 Å². The Bertz CT molecular complexity index is 1190. The van der Waals surface area contributed by atoms with E-state index >= 15 is 0 Å². The number of aliphatic hydroxyl groups excluding tert-OH is 2. The maximum atomic E-state index is 12.4. The molecule has 0 rings (SSSR count). The molecule has 0 aliphatic carbocycles. The van der Waals surface area contributed by atoms with E-state index in [1.54, 1.807) is 6.08 Å². The van der Waals surface area contributed by atoms with E-state index in [1.807, 2.05) is 6.08 Å². The van der Waals surface area contributed by atoms with E-state index in [4.69, 9.17) is 0 Å². The molecule has 0 saturated carbocycles. The second kappa shape index (κ2) is 57.9. The van der Waals surface area contributed by atoms with E-state index in [2.05, 4.69) is 92.1 Å². The lowest BCUT2D eigenvalue weighted by atomic mass is 10.0. The first-order chi connectivity index (χ1) is 33.2. The Labute approximate surface area is 418 Å². The Kier molecular flexibility index (Phi) is 55.8. The lowest BCUT2D eigenvalue weighted by molar-refractivity contribution is -0.123. The molecule has 1 amide bonds. The highest BCUT2D eigenvalue weighted by Crippen LogP contribution is 2.17. The van der Waals surface area contributed by atoms with Gasteiger partial charge in [-0.25, -0.2) is 0 Å². The van der Waals surface area contributed by atoms with E-state index in [0.29, 0.717) is 6.42 Å². The van der Waals surface area contributed by atoms with Gasteiger partial charge in [0.05, 0.1) is 18.8 Å². The van der Waals surface area contributed by atoms with Crippen molar-refractivity contribution in [3.63, 3.8) is 0 Å². The summed E-state index contributed by atoms with van der Waals surface area (Å²) in [5.74, 6) is -0.0760. The maximum absolute atomic E-state index is 12.4. The van der Waals surface area contributed by atoms with Gasteiger partial charge in [-0.05, 0) is 83.5 Å². The number of allylic oxidation sites excluding steroid dienone is 13. The highest BCUT2D eigenvalue weighted by Gasteiger charge is 2.18. The van der Waals surface area contributed by atoms with Crippen LogP contribution in [0.4, 0.5) is 0 Å². The molecule has 0 spiro atoms. The molecule has 0 aliphatic rings. The van der Waals surface area contributed by atoms with Crippen LogP contribution < -0.4 is 5.32 Å². The summed E-state index contributed by atoms with van der Waals surface area (Å²) in [5, 5.41) is 23.0. The fourth-order valence-electron chi connectivity index (χ4n) is 8.67. The highest BCUT2D eigenvalue weighted by molar-refractivity contribution is 5.76. The van der Waals surface area contributed by atoms with E-state index < -0.39 is 12.1 Å². The van der Waals surface area contributed by atoms with Gasteiger partial charge in [-0.1, -0.05) is 285 Å². The first kappa shape index (κ1) is 64.6. The Balaban J connectivity index is 3.41. The number of carbonyl (C=O) groups is 1. The van der Waals surface area contributed by atoms with Gasteiger partial charge in [0.1, 0.15) is 0 Å². The number of hydrogen-bond acceptors (Lipinski definition) is 3. The van der Waals surface area contributed by atoms with Crippen molar-refractivity contribution in [2.75, 3.05) is 6.61 Å². The van der Waals surface area contributed by atoms with Gasteiger partial charge in [0.2, 0.25) is 5.91 Å². The van der Waals surface area contributed by atoms with E-state index in [1.165, 1.54) is 205 Å². The van der Waals surface area contributed by atoms with Crippen molar-refractivity contribution >= 4 is 5.91 Å². The van der Waals surface area contributed by atoms with Crippen molar-refractivity contribution in [3.8, 4) is 0 Å². The number of unbranched alkanes of at least 4 members (excludes halogenated alkanes) is 34. The van der Waals surface area contributed by atoms with Crippen LogP contribution >= 0.6 is 0 Å². The third-order valence-corrected chi connectivity index (χ3v) is 13.1. The molecule has 4 heteroatoms. The van der Waals surface area contributed by atoms with Crippen molar-refractivity contribution < 1.29 is 15.0 Å². The Morgan fingerprint density at radius 1 is 0.373 bits per heavy atom. The van der Waals surface area contributed by atoms with Gasteiger partial charge in [-0.3, -0.25) is 4.79 Å². The number of amides is 1. The number of aliphatic hydroxyl groups is 2. The molecule has 0 heterocycles. The highest BCUT2D eigenvalue weighted by atomic mass is 16.3. The molecule has 0 radical (unpaired) electrons. The van der Waals surface area contributed by atoms with Crippen molar-refractivity contribution in [1.82, 2.24) is 5.32 Å². The smallest absolute Gasteiger partial charge is 0.220 e. The standard InChI is InChI=1S/C63H113NO3/c1-3-5-7-9-11-13-15-17-19-20-21-22-23-24-25-26-27-28-29-30-31-32-33-34-35-36-37-38-39-40-41-42-43-44-45-47-49-51-53-55-57-59-63(67)64-61(60-65)62(66)58-56-54-52-50-48-46-18-16-14-12-10-8-6-4-2/h5,7,11,13-14,16-17,19,21-22,48,50,56,58,61-62,65-66H,3-4,6,8-10,12,15,18,20,23-47,49,51-55,57,59-60H2,1-2H3,(H,64,67)/b7-5-,13-11-,16-14+,19-17-,22-21-,50-48+,58-56+. The molecular formula is C63H113NO3. The SMILES string of the molecule is CC/C=C\C/C=C\C/C=C\C/C=C\CCCCCCCCCCCCCCCCCCCCCCCCCCCCCCC(=O)NC(CO)C(O)/C=C/CC/C=C/CC/C=C/CCCCCC. The van der Waals surface area contributed by atoms with Crippen molar-refractivity contribution in [3.05, 3.63) is 85.1 Å². The Hall–Kier alpha value is -2.43. The zero-order valence-corrected chi connectivity index (χ0v) is 44.7. The van der Waals surface area contributed by atoms with Crippen LogP contribution in [0.1, 0.15) is 290 Å². The molecular weight excluding hydrogens is 819 g/mol. The van der Waals surface area contributed by atoms with Crippen LogP contribution in [0, 0.1) is 0 Å². The monoisotopic (exact) mass is 932 g/mol. The zero-order valence-electron chi connectivity index (χ0n) is 44.7. The van der Waals surface area contributed by atoms with Gasteiger partial charge in [0.15, 0.2) is 0 Å². The van der Waals surface area contributed by atoms with Crippen LogP contribution in [0.15, 0.2) is 85.1 Å². The van der Waals surface area contributed by atoms with Gasteiger partial charge < -0.3 is 15.5 Å². The molecule has 67 heavy (non-hydrogen) atoms. The van der Waals surface area contributed by atoms with Crippen molar-refractivity contribution in [2.45, 2.75) is 302 Å². The van der Waals surface area contributed by atoms with Crippen LogP contribution in [-0.4, -0.2) is 34.9 Å². The van der Waals surface area contributed by atoms with Crippen LogP contribution in [0.3, 0.4) is 0 Å². The molecule has 3 N–H and O–H groups in total. The lowest BCUT2D eigenvalue weighted by Crippen LogP contribution is -2.45. The summed E-state index contributed by atoms with van der Waals surface area (Å²) in [6.45, 7) is 4.16. The zero-order chi connectivity index (χ0) is 48.5. The summed E-state index contributed by atoms with van der Waals surface area (Å²) in [6.07, 6.45) is 84.9. The average Bonchev–Trinajstić information content (AvgIpc) is 3.33. The van der Waals surface area contributed by atoms with Crippen LogP contribution in [0.25, 0.3) is 0 Å². The summed E-state index contributed by atoms with van der Waals surface area (Å²) in [6, 6.07) is -0.646. The minimum Gasteiger partial charge on any atom is -0.394 e. The van der Waals surface area contributed by atoms with E-state index in [-0.39, 0.29) is 12.5 Å². The third-order valence-electron chi connectivity index (χ3n) is 13.1. The van der Waals surface area contributed by atoms with Gasteiger partial charge >= 0.3 is 0 Å². The number of carbonyl (C=O) groups excluding carboxylic acids is 1.